The molecule has 6 nitrogen and oxygen atoms in total. The van der Waals surface area contributed by atoms with Crippen molar-refractivity contribution in [3.8, 4) is 11.4 Å². The molecule has 2 aromatic carbocycles. The predicted octanol–water partition coefficient (Wildman–Crippen LogP) is 3.10. The van der Waals surface area contributed by atoms with Crippen molar-refractivity contribution in [3.63, 3.8) is 0 Å². The Bertz CT molecular complexity index is 1120. The van der Waals surface area contributed by atoms with Gasteiger partial charge in [0.1, 0.15) is 0 Å². The topological polar surface area (TPSA) is 68.9 Å². The fourth-order valence-corrected chi connectivity index (χ4v) is 2.80. The van der Waals surface area contributed by atoms with E-state index in [4.69, 9.17) is 0 Å². The van der Waals surface area contributed by atoms with Gasteiger partial charge in [0, 0.05) is 25.2 Å². The summed E-state index contributed by atoms with van der Waals surface area (Å²) in [4.78, 5) is 24.2. The summed E-state index contributed by atoms with van der Waals surface area (Å²) >= 11 is 0. The Morgan fingerprint density at radius 3 is 2.57 bits per heavy atom. The zero-order chi connectivity index (χ0) is 21.7. The zero-order valence-corrected chi connectivity index (χ0v) is 16.1. The molecule has 0 fully saturated rings. The number of nitrogens with one attached hydrogen (secondary N) is 1. The van der Waals surface area contributed by atoms with Crippen LogP contribution in [0.15, 0.2) is 65.5 Å². The number of benzene rings is 2. The number of hydrogen-bond acceptors (Lipinski definition) is 3. The molecule has 0 saturated carbocycles. The lowest BCUT2D eigenvalue weighted by Gasteiger charge is -2.07. The van der Waals surface area contributed by atoms with Crippen molar-refractivity contribution in [1.29, 1.82) is 0 Å². The van der Waals surface area contributed by atoms with Crippen LogP contribution in [0.2, 0.25) is 0 Å². The van der Waals surface area contributed by atoms with Gasteiger partial charge in [0.2, 0.25) is 5.91 Å². The van der Waals surface area contributed by atoms with E-state index >= 15 is 0 Å². The van der Waals surface area contributed by atoms with Gasteiger partial charge in [0.25, 0.3) is 0 Å². The van der Waals surface area contributed by atoms with Gasteiger partial charge in [-0.15, -0.1) is 5.10 Å². The second-order valence-electron chi connectivity index (χ2n) is 6.50. The van der Waals surface area contributed by atoms with Crippen LogP contribution in [-0.2, 0) is 24.6 Å². The van der Waals surface area contributed by atoms with E-state index < -0.39 is 17.4 Å². The first-order valence-electron chi connectivity index (χ1n) is 9.08. The Labute approximate surface area is 170 Å². The maximum atomic E-state index is 12.9. The van der Waals surface area contributed by atoms with Crippen molar-refractivity contribution in [3.05, 3.63) is 82.3 Å². The van der Waals surface area contributed by atoms with Crippen LogP contribution in [0.3, 0.4) is 0 Å². The van der Waals surface area contributed by atoms with Crippen molar-refractivity contribution < 1.29 is 18.0 Å². The molecule has 9 heteroatoms. The molecule has 0 spiro atoms. The highest BCUT2D eigenvalue weighted by molar-refractivity contribution is 5.91. The highest BCUT2D eigenvalue weighted by atomic mass is 19.4. The van der Waals surface area contributed by atoms with Gasteiger partial charge in [0.15, 0.2) is 5.82 Å². The molecule has 0 unspecified atom stereocenters. The average molecular weight is 416 g/mol. The lowest BCUT2D eigenvalue weighted by molar-refractivity contribution is -0.137. The Morgan fingerprint density at radius 2 is 1.87 bits per heavy atom. The first-order chi connectivity index (χ1) is 14.3. The molecule has 1 amide bonds. The Balaban J connectivity index is 1.67. The summed E-state index contributed by atoms with van der Waals surface area (Å²) in [6.07, 6.45) is -1.45. The molecule has 30 heavy (non-hydrogen) atoms. The van der Waals surface area contributed by atoms with Gasteiger partial charge < -0.3 is 5.32 Å². The molecule has 1 aromatic heterocycles. The monoisotopic (exact) mass is 416 g/mol. The van der Waals surface area contributed by atoms with Crippen LogP contribution in [0.5, 0.6) is 0 Å². The minimum atomic E-state index is -4.49. The fourth-order valence-electron chi connectivity index (χ4n) is 2.80. The van der Waals surface area contributed by atoms with Gasteiger partial charge in [-0.3, -0.25) is 9.36 Å². The number of alkyl halides is 3. The molecular weight excluding hydrogens is 397 g/mol. The van der Waals surface area contributed by atoms with E-state index in [1.807, 2.05) is 30.3 Å². The maximum Gasteiger partial charge on any atom is 0.416 e. The summed E-state index contributed by atoms with van der Waals surface area (Å²) in [5.41, 5.74) is -0.256. The average Bonchev–Trinajstić information content (AvgIpc) is 3.01. The summed E-state index contributed by atoms with van der Waals surface area (Å²) in [6, 6.07) is 13.9. The van der Waals surface area contributed by atoms with E-state index in [0.717, 1.165) is 22.4 Å². The lowest BCUT2D eigenvalue weighted by atomic mass is 10.1. The van der Waals surface area contributed by atoms with Gasteiger partial charge >= 0.3 is 11.9 Å². The number of amides is 1. The maximum absolute atomic E-state index is 12.9. The van der Waals surface area contributed by atoms with Gasteiger partial charge in [0.05, 0.1) is 12.1 Å². The van der Waals surface area contributed by atoms with Crippen molar-refractivity contribution in [2.24, 2.45) is 7.05 Å². The first-order valence-corrected chi connectivity index (χ1v) is 9.08. The number of nitrogens with zero attached hydrogens (tertiary/aromatic N) is 3. The molecule has 0 radical (unpaired) electrons. The van der Waals surface area contributed by atoms with E-state index in [1.54, 1.807) is 6.08 Å². The number of hydrogen-bond donors (Lipinski definition) is 1. The molecule has 3 rings (SSSR count). The van der Waals surface area contributed by atoms with Crippen molar-refractivity contribution >= 4 is 12.0 Å². The molecule has 1 heterocycles. The highest BCUT2D eigenvalue weighted by Gasteiger charge is 2.30. The van der Waals surface area contributed by atoms with Crippen molar-refractivity contribution in [2.75, 3.05) is 6.54 Å². The van der Waals surface area contributed by atoms with E-state index in [9.17, 15) is 22.8 Å². The van der Waals surface area contributed by atoms with Crippen LogP contribution in [0.1, 0.15) is 11.1 Å². The smallest absolute Gasteiger partial charge is 0.351 e. The standard InChI is InChI=1S/C21H19F3N4O2/c1-27-19(16-8-5-9-17(14-16)21(22,23)24)26-28(20(27)30)13-12-25-18(29)11-10-15-6-3-2-4-7-15/h2-11,14H,12-13H2,1H3,(H,25,29)/b11-10+. The fraction of sp³-hybridized carbons (Fsp3) is 0.190. The molecule has 0 aliphatic carbocycles. The molecule has 1 N–H and O–H groups in total. The second kappa shape index (κ2) is 8.81. The van der Waals surface area contributed by atoms with Crippen LogP contribution in [-0.4, -0.2) is 26.8 Å². The molecule has 3 aromatic rings. The highest BCUT2D eigenvalue weighted by Crippen LogP contribution is 2.31. The Hall–Kier alpha value is -3.62. The first kappa shape index (κ1) is 21.1. The van der Waals surface area contributed by atoms with Crippen LogP contribution in [0.4, 0.5) is 13.2 Å². The van der Waals surface area contributed by atoms with Crippen molar-refractivity contribution in [2.45, 2.75) is 12.7 Å². The Morgan fingerprint density at radius 1 is 1.13 bits per heavy atom. The molecule has 0 saturated heterocycles. The largest absolute Gasteiger partial charge is 0.416 e. The third kappa shape index (κ3) is 5.05. The molecule has 156 valence electrons. The van der Waals surface area contributed by atoms with Gasteiger partial charge in [-0.2, -0.15) is 13.2 Å². The summed E-state index contributed by atoms with van der Waals surface area (Å²) in [7, 11) is 1.43. The summed E-state index contributed by atoms with van der Waals surface area (Å²) in [6.45, 7) is 0.216. The van der Waals surface area contributed by atoms with Crippen molar-refractivity contribution in [1.82, 2.24) is 19.7 Å². The molecule has 0 bridgehead atoms. The van der Waals surface area contributed by atoms with Gasteiger partial charge in [-0.05, 0) is 23.8 Å². The number of halogens is 3. The molecule has 0 aliphatic rings. The molecule has 0 atom stereocenters. The summed E-state index contributed by atoms with van der Waals surface area (Å²) in [5.74, 6) is -0.220. The van der Waals surface area contributed by atoms with E-state index in [2.05, 4.69) is 10.4 Å². The minimum absolute atomic E-state index is 0.0799. The molecular formula is C21H19F3N4O2. The van der Waals surface area contributed by atoms with E-state index in [0.29, 0.717) is 0 Å². The van der Waals surface area contributed by atoms with Crippen LogP contribution >= 0.6 is 0 Å². The predicted molar refractivity (Wildman–Crippen MR) is 106 cm³/mol. The minimum Gasteiger partial charge on any atom is -0.351 e. The van der Waals surface area contributed by atoms with Gasteiger partial charge in [-0.25, -0.2) is 9.48 Å². The lowest BCUT2D eigenvalue weighted by Crippen LogP contribution is -2.30. The number of aromatic nitrogens is 3. The number of rotatable bonds is 6. The third-order valence-corrected chi connectivity index (χ3v) is 4.34. The zero-order valence-electron chi connectivity index (χ0n) is 16.1. The molecule has 0 aliphatic heterocycles. The normalized spacial score (nSPS) is 11.7. The van der Waals surface area contributed by atoms with Crippen LogP contribution in [0, 0.1) is 0 Å². The summed E-state index contributed by atoms with van der Waals surface area (Å²) in [5, 5.41) is 6.77. The third-order valence-electron chi connectivity index (χ3n) is 4.34. The van der Waals surface area contributed by atoms with Gasteiger partial charge in [-0.1, -0.05) is 42.5 Å². The SMILES string of the molecule is Cn1c(-c2cccc(C(F)(F)F)c2)nn(CCNC(=O)/C=C/c2ccccc2)c1=O. The quantitative estimate of drug-likeness (QED) is 0.628. The van der Waals surface area contributed by atoms with Crippen LogP contribution in [0.25, 0.3) is 17.5 Å². The second-order valence-corrected chi connectivity index (χ2v) is 6.50. The Kier molecular flexibility index (Phi) is 6.20. The van der Waals surface area contributed by atoms with E-state index in [1.165, 1.54) is 29.8 Å². The summed E-state index contributed by atoms with van der Waals surface area (Å²) < 4.78 is 41.1. The number of carbonyl (C=O) groups is 1. The number of carbonyl (C=O) groups excluding carboxylic acids is 1. The van der Waals surface area contributed by atoms with E-state index in [-0.39, 0.29) is 30.4 Å². The van der Waals surface area contributed by atoms with Crippen LogP contribution < -0.4 is 11.0 Å².